The second-order valence-corrected chi connectivity index (χ2v) is 13.1. The maximum absolute atomic E-state index is 11.5. The van der Waals surface area contributed by atoms with Gasteiger partial charge in [-0.25, -0.2) is 0 Å². The fraction of sp³-hybridized carbons (Fsp3) is 0.742. The Morgan fingerprint density at radius 2 is 1.54 bits per heavy atom. The second kappa shape index (κ2) is 8.23. The third-order valence-electron chi connectivity index (χ3n) is 11.5. The number of rotatable bonds is 1. The van der Waals surface area contributed by atoms with Crippen molar-refractivity contribution in [1.29, 1.82) is 0 Å². The van der Waals surface area contributed by atoms with Crippen LogP contribution in [0, 0.1) is 52.3 Å². The summed E-state index contributed by atoms with van der Waals surface area (Å²) >= 11 is 0. The molecule has 1 aromatic carbocycles. The molecule has 0 amide bonds. The van der Waals surface area contributed by atoms with E-state index < -0.39 is 11.4 Å². The Morgan fingerprint density at radius 3 is 2.29 bits per heavy atom. The Hall–Kier alpha value is -1.54. The van der Waals surface area contributed by atoms with E-state index in [0.717, 1.165) is 55.8 Å². The molecule has 5 aliphatic rings. The van der Waals surface area contributed by atoms with Crippen LogP contribution >= 0.6 is 0 Å². The highest BCUT2D eigenvalue weighted by Gasteiger charge is 2.64. The van der Waals surface area contributed by atoms with Crippen LogP contribution in [-0.2, 0) is 9.47 Å². The van der Waals surface area contributed by atoms with Gasteiger partial charge in [-0.2, -0.15) is 0 Å². The molecule has 1 aliphatic heterocycles. The minimum atomic E-state index is -0.901. The molecule has 0 aromatic heterocycles. The molecule has 0 bridgehead atoms. The highest BCUT2D eigenvalue weighted by atomic mass is 16.7. The normalized spacial score (nSPS) is 46.1. The Labute approximate surface area is 210 Å². The average Bonchev–Trinajstić information content (AvgIpc) is 3.43. The first-order valence-electron chi connectivity index (χ1n) is 14.0. The van der Waals surface area contributed by atoms with Gasteiger partial charge in [0.15, 0.2) is 5.79 Å². The van der Waals surface area contributed by atoms with E-state index in [0.29, 0.717) is 22.7 Å². The molecule has 4 saturated carbocycles. The molecule has 8 atom stereocenters. The Morgan fingerprint density at radius 1 is 0.829 bits per heavy atom. The number of fused-ring (bicyclic) bond motifs is 5. The number of benzene rings is 1. The number of phenols is 1. The molecule has 5 fully saturated rings. The maximum atomic E-state index is 11.5. The quantitative estimate of drug-likeness (QED) is 0.494. The highest BCUT2D eigenvalue weighted by molar-refractivity contribution is 5.39. The van der Waals surface area contributed by atoms with Crippen LogP contribution in [0.15, 0.2) is 24.3 Å². The molecule has 6 rings (SSSR count). The molecular formula is C31H42O4. The van der Waals surface area contributed by atoms with Crippen LogP contribution in [0.5, 0.6) is 5.75 Å². The lowest BCUT2D eigenvalue weighted by Crippen LogP contribution is -2.57. The first-order valence-corrected chi connectivity index (χ1v) is 14.0. The standard InChI is InChI=1S/C31H42O4/c1-28-16-17-31(33,15-12-21-4-7-23(32)8-5-21)20-22(28)6-9-24-25-10-11-27(30(3)34-18-19-35-30)29(25,2)14-13-26(24)28/h4-5,7-8,22,24-27,32-33H,6,9-11,13-14,16-20H2,1-3H3/t22-,24+,25+,26+,27+,28+,29+,31-/m1/s1. The molecule has 35 heavy (non-hydrogen) atoms. The number of aromatic hydroxyl groups is 1. The maximum Gasteiger partial charge on any atom is 0.169 e. The zero-order chi connectivity index (χ0) is 24.5. The summed E-state index contributed by atoms with van der Waals surface area (Å²) in [5.74, 6) is 9.62. The Bertz CT molecular complexity index is 1020. The van der Waals surface area contributed by atoms with Crippen LogP contribution in [-0.4, -0.2) is 34.8 Å². The van der Waals surface area contributed by atoms with Gasteiger partial charge in [0.05, 0.1) is 13.2 Å². The highest BCUT2D eigenvalue weighted by Crippen LogP contribution is 2.69. The van der Waals surface area contributed by atoms with Crippen molar-refractivity contribution in [3.05, 3.63) is 29.8 Å². The molecule has 4 heteroatoms. The molecule has 4 aliphatic carbocycles. The van der Waals surface area contributed by atoms with E-state index in [1.54, 1.807) is 12.1 Å². The van der Waals surface area contributed by atoms with Gasteiger partial charge in [0.2, 0.25) is 0 Å². The summed E-state index contributed by atoms with van der Waals surface area (Å²) in [5.41, 5.74) is 0.565. The van der Waals surface area contributed by atoms with Crippen molar-refractivity contribution < 1.29 is 19.7 Å². The molecule has 1 heterocycles. The van der Waals surface area contributed by atoms with Crippen molar-refractivity contribution >= 4 is 0 Å². The van der Waals surface area contributed by atoms with E-state index in [2.05, 4.69) is 32.6 Å². The molecule has 4 nitrogen and oxygen atoms in total. The van der Waals surface area contributed by atoms with Crippen LogP contribution < -0.4 is 0 Å². The number of phenolic OH excluding ortho intramolecular Hbond substituents is 1. The topological polar surface area (TPSA) is 58.9 Å². The van der Waals surface area contributed by atoms with Gasteiger partial charge in [-0.3, -0.25) is 0 Å². The molecule has 0 spiro atoms. The van der Waals surface area contributed by atoms with Crippen LogP contribution in [0.3, 0.4) is 0 Å². The largest absolute Gasteiger partial charge is 0.508 e. The molecule has 1 aromatic rings. The van der Waals surface area contributed by atoms with Gasteiger partial charge in [0.25, 0.3) is 0 Å². The summed E-state index contributed by atoms with van der Waals surface area (Å²) in [6.07, 6.45) is 10.2. The van der Waals surface area contributed by atoms with Crippen molar-refractivity contribution in [1.82, 2.24) is 0 Å². The lowest BCUT2D eigenvalue weighted by atomic mass is 9.43. The van der Waals surface area contributed by atoms with Crippen LogP contribution in [0.2, 0.25) is 0 Å². The molecule has 2 N–H and O–H groups in total. The number of ether oxygens (including phenoxy) is 2. The molecular weight excluding hydrogens is 436 g/mol. The second-order valence-electron chi connectivity index (χ2n) is 13.1. The first kappa shape index (κ1) is 23.8. The predicted octanol–water partition coefficient (Wildman–Crippen LogP) is 5.90. The van der Waals surface area contributed by atoms with Gasteiger partial charge >= 0.3 is 0 Å². The molecule has 0 radical (unpaired) electrons. The van der Waals surface area contributed by atoms with Crippen molar-refractivity contribution in [3.8, 4) is 17.6 Å². The van der Waals surface area contributed by atoms with Crippen molar-refractivity contribution in [2.75, 3.05) is 13.2 Å². The monoisotopic (exact) mass is 478 g/mol. The van der Waals surface area contributed by atoms with Crippen molar-refractivity contribution in [2.24, 2.45) is 40.4 Å². The third kappa shape index (κ3) is 3.76. The molecule has 1 saturated heterocycles. The summed E-state index contributed by atoms with van der Waals surface area (Å²) in [7, 11) is 0. The van der Waals surface area contributed by atoms with E-state index in [1.165, 1.54) is 38.5 Å². The lowest BCUT2D eigenvalue weighted by Gasteiger charge is -2.62. The molecule has 190 valence electrons. The van der Waals surface area contributed by atoms with Gasteiger partial charge in [-0.05, 0) is 123 Å². The fourth-order valence-electron chi connectivity index (χ4n) is 9.69. The smallest absolute Gasteiger partial charge is 0.169 e. The summed E-state index contributed by atoms with van der Waals surface area (Å²) in [5, 5.41) is 21.0. The van der Waals surface area contributed by atoms with Gasteiger partial charge in [0.1, 0.15) is 11.4 Å². The minimum Gasteiger partial charge on any atom is -0.508 e. The first-order chi connectivity index (χ1) is 16.7. The van der Waals surface area contributed by atoms with Crippen molar-refractivity contribution in [2.45, 2.75) is 89.9 Å². The summed E-state index contributed by atoms with van der Waals surface area (Å²) < 4.78 is 12.4. The number of hydrogen-bond donors (Lipinski definition) is 2. The van der Waals surface area contributed by atoms with E-state index in [1.807, 2.05) is 12.1 Å². The van der Waals surface area contributed by atoms with Gasteiger partial charge in [0, 0.05) is 11.5 Å². The van der Waals surface area contributed by atoms with E-state index in [-0.39, 0.29) is 5.75 Å². The van der Waals surface area contributed by atoms with Gasteiger partial charge in [-0.15, -0.1) is 0 Å². The SMILES string of the molecule is CC1([C@H]2CC[C@H]3[C@@H]4CC[C@@H]5C[C@@](O)(C#Cc6ccc(O)cc6)CC[C@]5(C)[C@H]4CC[C@]23C)OCCO1. The third-order valence-corrected chi connectivity index (χ3v) is 11.5. The Balaban J connectivity index is 1.19. The summed E-state index contributed by atoms with van der Waals surface area (Å²) in [6.45, 7) is 8.76. The van der Waals surface area contributed by atoms with Crippen molar-refractivity contribution in [3.63, 3.8) is 0 Å². The van der Waals surface area contributed by atoms with Crippen LogP contribution in [0.4, 0.5) is 0 Å². The lowest BCUT2D eigenvalue weighted by molar-refractivity contribution is -0.219. The summed E-state index contributed by atoms with van der Waals surface area (Å²) in [6, 6.07) is 6.95. The number of hydrogen-bond acceptors (Lipinski definition) is 4. The van der Waals surface area contributed by atoms with Crippen LogP contribution in [0.25, 0.3) is 0 Å². The predicted molar refractivity (Wildman–Crippen MR) is 135 cm³/mol. The zero-order valence-corrected chi connectivity index (χ0v) is 21.7. The fourth-order valence-corrected chi connectivity index (χ4v) is 9.69. The average molecular weight is 479 g/mol. The molecule has 0 unspecified atom stereocenters. The number of aliphatic hydroxyl groups is 1. The van der Waals surface area contributed by atoms with Crippen LogP contribution in [0.1, 0.15) is 84.1 Å². The Kier molecular flexibility index (Phi) is 5.61. The van der Waals surface area contributed by atoms with Gasteiger partial charge in [-0.1, -0.05) is 25.7 Å². The minimum absolute atomic E-state index is 0.244. The van der Waals surface area contributed by atoms with E-state index in [9.17, 15) is 10.2 Å². The zero-order valence-electron chi connectivity index (χ0n) is 21.7. The van der Waals surface area contributed by atoms with E-state index >= 15 is 0 Å². The summed E-state index contributed by atoms with van der Waals surface area (Å²) in [4.78, 5) is 0. The van der Waals surface area contributed by atoms with E-state index in [4.69, 9.17) is 9.47 Å². The van der Waals surface area contributed by atoms with Gasteiger partial charge < -0.3 is 19.7 Å².